The molecule has 0 spiro atoms. The number of nitrogens with one attached hydrogen (secondary N) is 1. The molecule has 0 unspecified atom stereocenters. The summed E-state index contributed by atoms with van der Waals surface area (Å²) < 4.78 is 39.6. The predicted molar refractivity (Wildman–Crippen MR) is 77.6 cm³/mol. The Labute approximate surface area is 128 Å². The highest BCUT2D eigenvalue weighted by Crippen LogP contribution is 2.35. The van der Waals surface area contributed by atoms with E-state index in [1.165, 1.54) is 12.1 Å². The molecular formula is C15H13BrF3NO. The fourth-order valence-electron chi connectivity index (χ4n) is 2.15. The summed E-state index contributed by atoms with van der Waals surface area (Å²) in [4.78, 5) is 15.3. The highest BCUT2D eigenvalue weighted by atomic mass is 79.9. The summed E-state index contributed by atoms with van der Waals surface area (Å²) in [5.41, 5.74) is 1.25. The fourth-order valence-corrected chi connectivity index (χ4v) is 2.52. The summed E-state index contributed by atoms with van der Waals surface area (Å²) in [5.74, 6) is -0.650. The number of aryl methyl sites for hydroxylation is 1. The van der Waals surface area contributed by atoms with Crippen molar-refractivity contribution in [3.05, 3.63) is 56.3 Å². The molecule has 2 rings (SSSR count). The van der Waals surface area contributed by atoms with Crippen molar-refractivity contribution < 1.29 is 18.0 Å². The van der Waals surface area contributed by atoms with Gasteiger partial charge in [-0.05, 0) is 50.1 Å². The number of carbonyl (C=O) groups is 1. The third-order valence-corrected chi connectivity index (χ3v) is 4.06. The first-order valence-corrected chi connectivity index (χ1v) is 6.99. The Kier molecular flexibility index (Phi) is 4.02. The second kappa shape index (κ2) is 5.33. The average molecular weight is 360 g/mol. The van der Waals surface area contributed by atoms with Crippen LogP contribution in [0, 0.1) is 20.8 Å². The molecule has 0 saturated heterocycles. The lowest BCUT2D eigenvalue weighted by atomic mass is 9.99. The third-order valence-electron chi connectivity index (χ3n) is 3.57. The maximum absolute atomic E-state index is 13.1. The Morgan fingerprint density at radius 1 is 1.14 bits per heavy atom. The van der Waals surface area contributed by atoms with Gasteiger partial charge >= 0.3 is 6.18 Å². The van der Waals surface area contributed by atoms with Crippen LogP contribution in [-0.2, 0) is 6.18 Å². The minimum Gasteiger partial charge on any atom is -0.356 e. The molecule has 1 aromatic carbocycles. The van der Waals surface area contributed by atoms with Crippen molar-refractivity contribution in [2.45, 2.75) is 26.9 Å². The highest BCUT2D eigenvalue weighted by molar-refractivity contribution is 9.10. The summed E-state index contributed by atoms with van der Waals surface area (Å²) in [6, 6.07) is 3.55. The number of carbonyl (C=O) groups excluding carboxylic acids is 1. The molecule has 1 N–H and O–H groups in total. The van der Waals surface area contributed by atoms with Crippen LogP contribution in [0.5, 0.6) is 0 Å². The molecule has 0 fully saturated rings. The zero-order chi connectivity index (χ0) is 15.9. The third kappa shape index (κ3) is 2.90. The largest absolute Gasteiger partial charge is 0.417 e. The smallest absolute Gasteiger partial charge is 0.356 e. The lowest BCUT2D eigenvalue weighted by molar-refractivity contribution is -0.137. The molecule has 0 saturated carbocycles. The number of alkyl halides is 3. The van der Waals surface area contributed by atoms with E-state index < -0.39 is 17.5 Å². The van der Waals surface area contributed by atoms with Crippen LogP contribution < -0.4 is 0 Å². The van der Waals surface area contributed by atoms with Gasteiger partial charge in [-0.15, -0.1) is 0 Å². The Balaban J connectivity index is 2.61. The van der Waals surface area contributed by atoms with Crippen LogP contribution in [-0.4, -0.2) is 10.8 Å². The zero-order valence-corrected chi connectivity index (χ0v) is 13.2. The van der Waals surface area contributed by atoms with Crippen LogP contribution in [0.25, 0.3) is 0 Å². The van der Waals surface area contributed by atoms with E-state index in [9.17, 15) is 18.0 Å². The van der Waals surface area contributed by atoms with Gasteiger partial charge in [0.05, 0.1) is 11.3 Å². The summed E-state index contributed by atoms with van der Waals surface area (Å²) in [6.07, 6.45) is -4.58. The van der Waals surface area contributed by atoms with E-state index in [4.69, 9.17) is 0 Å². The molecule has 112 valence electrons. The van der Waals surface area contributed by atoms with Crippen molar-refractivity contribution >= 4 is 21.7 Å². The predicted octanol–water partition coefficient (Wildman–Crippen LogP) is 4.95. The van der Waals surface area contributed by atoms with E-state index in [2.05, 4.69) is 20.9 Å². The number of hydrogen-bond donors (Lipinski definition) is 1. The van der Waals surface area contributed by atoms with E-state index in [1.54, 1.807) is 13.8 Å². The monoisotopic (exact) mass is 359 g/mol. The van der Waals surface area contributed by atoms with Crippen LogP contribution in [0.3, 0.4) is 0 Å². The number of H-pyrrole nitrogens is 1. The van der Waals surface area contributed by atoms with Gasteiger partial charge in [0.15, 0.2) is 0 Å². The van der Waals surface area contributed by atoms with Gasteiger partial charge in [-0.1, -0.05) is 15.9 Å². The lowest BCUT2D eigenvalue weighted by Crippen LogP contribution is -2.14. The van der Waals surface area contributed by atoms with E-state index in [-0.39, 0.29) is 15.7 Å². The van der Waals surface area contributed by atoms with Crippen molar-refractivity contribution in [2.75, 3.05) is 0 Å². The minimum absolute atomic E-state index is 0.206. The normalized spacial score (nSPS) is 11.8. The average Bonchev–Trinajstić information content (AvgIpc) is 2.65. The van der Waals surface area contributed by atoms with Crippen molar-refractivity contribution in [1.29, 1.82) is 0 Å². The van der Waals surface area contributed by atoms with Crippen LogP contribution in [0.15, 0.2) is 22.7 Å². The second-order valence-electron chi connectivity index (χ2n) is 4.89. The maximum Gasteiger partial charge on any atom is 0.417 e. The van der Waals surface area contributed by atoms with E-state index in [0.717, 1.165) is 17.3 Å². The van der Waals surface area contributed by atoms with Gasteiger partial charge < -0.3 is 4.98 Å². The molecule has 0 aliphatic carbocycles. The Bertz CT molecular complexity index is 716. The number of ketones is 1. The van der Waals surface area contributed by atoms with Gasteiger partial charge in [-0.3, -0.25) is 4.79 Å². The molecule has 2 nitrogen and oxygen atoms in total. The molecule has 0 bridgehead atoms. The molecular weight excluding hydrogens is 347 g/mol. The first-order valence-electron chi connectivity index (χ1n) is 6.20. The van der Waals surface area contributed by atoms with Crippen molar-refractivity contribution in [3.63, 3.8) is 0 Å². The fraction of sp³-hybridized carbons (Fsp3) is 0.267. The van der Waals surface area contributed by atoms with E-state index >= 15 is 0 Å². The Morgan fingerprint density at radius 3 is 2.24 bits per heavy atom. The van der Waals surface area contributed by atoms with Gasteiger partial charge in [-0.25, -0.2) is 0 Å². The van der Waals surface area contributed by atoms with Gasteiger partial charge in [0, 0.05) is 15.7 Å². The summed E-state index contributed by atoms with van der Waals surface area (Å²) >= 11 is 3.01. The van der Waals surface area contributed by atoms with Gasteiger partial charge in [0.1, 0.15) is 0 Å². The molecule has 2 aromatic rings. The molecule has 21 heavy (non-hydrogen) atoms. The quantitative estimate of drug-likeness (QED) is 0.755. The molecule has 6 heteroatoms. The lowest BCUT2D eigenvalue weighted by Gasteiger charge is -2.12. The molecule has 0 atom stereocenters. The Morgan fingerprint density at radius 2 is 1.76 bits per heavy atom. The summed E-state index contributed by atoms with van der Waals surface area (Å²) in [7, 11) is 0. The minimum atomic E-state index is -4.58. The van der Waals surface area contributed by atoms with Crippen molar-refractivity contribution in [3.8, 4) is 0 Å². The first kappa shape index (κ1) is 15.8. The second-order valence-corrected chi connectivity index (χ2v) is 5.81. The maximum atomic E-state index is 13.1. The first-order chi connectivity index (χ1) is 9.62. The highest BCUT2D eigenvalue weighted by Gasteiger charge is 2.36. The number of benzene rings is 1. The SMILES string of the molecule is Cc1[nH]c(C(=O)c2ccc(Br)cc2C(F)(F)F)c(C)c1C. The standard InChI is InChI=1S/C15H13BrF3NO/c1-7-8(2)13(20-9(7)3)14(21)11-5-4-10(16)6-12(11)15(17,18)19/h4-6,20H,1-3H3. The molecule has 0 aliphatic rings. The number of rotatable bonds is 2. The number of halogens is 4. The van der Waals surface area contributed by atoms with E-state index in [1.807, 2.05) is 6.92 Å². The zero-order valence-electron chi connectivity index (χ0n) is 11.7. The summed E-state index contributed by atoms with van der Waals surface area (Å²) in [5, 5.41) is 0. The molecule has 0 radical (unpaired) electrons. The summed E-state index contributed by atoms with van der Waals surface area (Å²) in [6.45, 7) is 5.33. The molecule has 0 aliphatic heterocycles. The van der Waals surface area contributed by atoms with Crippen LogP contribution >= 0.6 is 15.9 Å². The van der Waals surface area contributed by atoms with E-state index in [0.29, 0.717) is 5.56 Å². The molecule has 1 heterocycles. The van der Waals surface area contributed by atoms with Crippen molar-refractivity contribution in [1.82, 2.24) is 4.98 Å². The Hall–Kier alpha value is -1.56. The molecule has 1 aromatic heterocycles. The van der Waals surface area contributed by atoms with Gasteiger partial charge in [0.25, 0.3) is 0 Å². The van der Waals surface area contributed by atoms with Gasteiger partial charge in [-0.2, -0.15) is 13.2 Å². The van der Waals surface area contributed by atoms with Crippen LogP contribution in [0.4, 0.5) is 13.2 Å². The van der Waals surface area contributed by atoms with Crippen LogP contribution in [0.1, 0.15) is 38.4 Å². The number of hydrogen-bond acceptors (Lipinski definition) is 1. The van der Waals surface area contributed by atoms with Crippen molar-refractivity contribution in [2.24, 2.45) is 0 Å². The number of aromatic nitrogens is 1. The molecule has 0 amide bonds. The van der Waals surface area contributed by atoms with Crippen LogP contribution in [0.2, 0.25) is 0 Å². The topological polar surface area (TPSA) is 32.9 Å². The van der Waals surface area contributed by atoms with Gasteiger partial charge in [0.2, 0.25) is 5.78 Å². The number of aromatic amines is 1.